The van der Waals surface area contributed by atoms with E-state index in [2.05, 4.69) is 10.5 Å². The highest BCUT2D eigenvalue weighted by Gasteiger charge is 2.10. The molecule has 0 aliphatic carbocycles. The summed E-state index contributed by atoms with van der Waals surface area (Å²) in [5.74, 6) is 0.718. The summed E-state index contributed by atoms with van der Waals surface area (Å²) in [6.45, 7) is 2.31. The maximum absolute atomic E-state index is 12.1. The lowest BCUT2D eigenvalue weighted by atomic mass is 10.2. The average molecular weight is 314 g/mol. The molecular formula is C17H18N2O4. The van der Waals surface area contributed by atoms with E-state index in [9.17, 15) is 9.90 Å². The van der Waals surface area contributed by atoms with E-state index in [1.54, 1.807) is 36.4 Å². The molecule has 120 valence electrons. The van der Waals surface area contributed by atoms with E-state index < -0.39 is 5.91 Å². The van der Waals surface area contributed by atoms with Gasteiger partial charge in [-0.2, -0.15) is 5.10 Å². The largest absolute Gasteiger partial charge is 0.507 e. The number of hydrazone groups is 1. The summed E-state index contributed by atoms with van der Waals surface area (Å²) in [6, 6.07) is 11.6. The van der Waals surface area contributed by atoms with Crippen molar-refractivity contribution in [2.45, 2.75) is 6.92 Å². The van der Waals surface area contributed by atoms with Gasteiger partial charge in [0, 0.05) is 5.56 Å². The first-order valence-corrected chi connectivity index (χ1v) is 7.08. The summed E-state index contributed by atoms with van der Waals surface area (Å²) in [5, 5.41) is 13.6. The van der Waals surface area contributed by atoms with Crippen LogP contribution in [0.1, 0.15) is 22.8 Å². The minimum absolute atomic E-state index is 0.0403. The number of carbonyl (C=O) groups excluding carboxylic acids is 1. The third-order valence-corrected chi connectivity index (χ3v) is 3.04. The minimum atomic E-state index is -0.396. The van der Waals surface area contributed by atoms with Crippen molar-refractivity contribution in [2.24, 2.45) is 5.10 Å². The molecule has 0 aliphatic rings. The number of nitrogens with zero attached hydrogens (tertiary/aromatic N) is 1. The number of hydrogen-bond donors (Lipinski definition) is 2. The number of amides is 1. The van der Waals surface area contributed by atoms with E-state index >= 15 is 0 Å². The van der Waals surface area contributed by atoms with Crippen LogP contribution in [0.15, 0.2) is 47.6 Å². The number of phenols is 1. The Morgan fingerprint density at radius 2 is 2.09 bits per heavy atom. The molecule has 0 radical (unpaired) electrons. The van der Waals surface area contributed by atoms with E-state index in [0.717, 1.165) is 0 Å². The second kappa shape index (κ2) is 7.84. The van der Waals surface area contributed by atoms with Crippen LogP contribution in [0.4, 0.5) is 0 Å². The number of carbonyl (C=O) groups is 1. The highest BCUT2D eigenvalue weighted by atomic mass is 16.5. The summed E-state index contributed by atoms with van der Waals surface area (Å²) >= 11 is 0. The van der Waals surface area contributed by atoms with E-state index in [1.807, 2.05) is 6.92 Å². The van der Waals surface area contributed by atoms with Gasteiger partial charge in [-0.05, 0) is 37.3 Å². The second-order valence-corrected chi connectivity index (χ2v) is 4.55. The fourth-order valence-electron chi connectivity index (χ4n) is 1.92. The number of para-hydroxylation sites is 1. The van der Waals surface area contributed by atoms with Gasteiger partial charge in [-0.3, -0.25) is 4.79 Å². The Balaban J connectivity index is 2.10. The van der Waals surface area contributed by atoms with Crippen molar-refractivity contribution >= 4 is 12.1 Å². The Bertz CT molecular complexity index is 713. The Kier molecular flexibility index (Phi) is 5.57. The van der Waals surface area contributed by atoms with Gasteiger partial charge < -0.3 is 14.6 Å². The standard InChI is InChI=1S/C17H18N2O4/c1-3-23-16-7-5-4-6-14(16)17(21)19-18-11-12-10-13(22-2)8-9-15(12)20/h4-11,20H,3H2,1-2H3,(H,19,21). The number of hydrogen-bond acceptors (Lipinski definition) is 5. The zero-order valence-corrected chi connectivity index (χ0v) is 12.9. The zero-order valence-electron chi connectivity index (χ0n) is 12.9. The molecule has 0 aromatic heterocycles. The number of phenolic OH excluding ortho intramolecular Hbond substituents is 1. The summed E-state index contributed by atoms with van der Waals surface area (Å²) < 4.78 is 10.5. The SMILES string of the molecule is CCOc1ccccc1C(=O)NN=Cc1cc(OC)ccc1O. The van der Waals surface area contributed by atoms with Gasteiger partial charge in [0.05, 0.1) is 25.5 Å². The van der Waals surface area contributed by atoms with Gasteiger partial charge in [-0.1, -0.05) is 12.1 Å². The van der Waals surface area contributed by atoms with Crippen molar-refractivity contribution in [2.75, 3.05) is 13.7 Å². The summed E-state index contributed by atoms with van der Waals surface area (Å²) in [6.07, 6.45) is 1.35. The Morgan fingerprint density at radius 1 is 1.30 bits per heavy atom. The molecule has 0 aliphatic heterocycles. The predicted octanol–water partition coefficient (Wildman–Crippen LogP) is 2.56. The van der Waals surface area contributed by atoms with Gasteiger partial charge in [0.2, 0.25) is 0 Å². The highest BCUT2D eigenvalue weighted by Crippen LogP contribution is 2.21. The smallest absolute Gasteiger partial charge is 0.275 e. The average Bonchev–Trinajstić information content (AvgIpc) is 2.57. The molecule has 23 heavy (non-hydrogen) atoms. The monoisotopic (exact) mass is 314 g/mol. The van der Waals surface area contributed by atoms with Crippen LogP contribution in [-0.4, -0.2) is 30.9 Å². The molecule has 2 aromatic carbocycles. The van der Waals surface area contributed by atoms with Crippen LogP contribution < -0.4 is 14.9 Å². The molecule has 6 heteroatoms. The van der Waals surface area contributed by atoms with Crippen molar-refractivity contribution in [3.63, 3.8) is 0 Å². The molecule has 0 atom stereocenters. The maximum Gasteiger partial charge on any atom is 0.275 e. The van der Waals surface area contributed by atoms with Gasteiger partial charge in [0.1, 0.15) is 17.2 Å². The van der Waals surface area contributed by atoms with Crippen LogP contribution in [0.25, 0.3) is 0 Å². The van der Waals surface area contributed by atoms with Crippen LogP contribution >= 0.6 is 0 Å². The van der Waals surface area contributed by atoms with E-state index in [1.165, 1.54) is 19.4 Å². The number of nitrogens with one attached hydrogen (secondary N) is 1. The Labute approximate surface area is 134 Å². The topological polar surface area (TPSA) is 80.2 Å². The number of methoxy groups -OCH3 is 1. The Morgan fingerprint density at radius 3 is 2.83 bits per heavy atom. The number of benzene rings is 2. The molecule has 6 nitrogen and oxygen atoms in total. The third kappa shape index (κ3) is 4.23. The van der Waals surface area contributed by atoms with Crippen LogP contribution in [0, 0.1) is 0 Å². The first-order chi connectivity index (χ1) is 11.2. The number of ether oxygens (including phenoxy) is 2. The molecular weight excluding hydrogens is 296 g/mol. The lowest BCUT2D eigenvalue weighted by Gasteiger charge is -2.08. The van der Waals surface area contributed by atoms with Crippen molar-refractivity contribution < 1.29 is 19.4 Å². The highest BCUT2D eigenvalue weighted by molar-refractivity contribution is 5.97. The van der Waals surface area contributed by atoms with Gasteiger partial charge in [-0.25, -0.2) is 5.43 Å². The molecule has 2 aromatic rings. The lowest BCUT2D eigenvalue weighted by molar-refractivity contribution is 0.0951. The van der Waals surface area contributed by atoms with Gasteiger partial charge in [0.15, 0.2) is 0 Å². The molecule has 0 bridgehead atoms. The van der Waals surface area contributed by atoms with Gasteiger partial charge in [-0.15, -0.1) is 0 Å². The first kappa shape index (κ1) is 16.4. The van der Waals surface area contributed by atoms with Gasteiger partial charge >= 0.3 is 0 Å². The molecule has 2 N–H and O–H groups in total. The van der Waals surface area contributed by atoms with Crippen molar-refractivity contribution in [3.8, 4) is 17.2 Å². The molecule has 2 rings (SSSR count). The first-order valence-electron chi connectivity index (χ1n) is 7.08. The van der Waals surface area contributed by atoms with Crippen molar-refractivity contribution in [1.82, 2.24) is 5.43 Å². The van der Waals surface area contributed by atoms with Crippen molar-refractivity contribution in [3.05, 3.63) is 53.6 Å². The maximum atomic E-state index is 12.1. The molecule has 0 fully saturated rings. The zero-order chi connectivity index (χ0) is 16.7. The molecule has 0 unspecified atom stereocenters. The van der Waals surface area contributed by atoms with Gasteiger partial charge in [0.25, 0.3) is 5.91 Å². The van der Waals surface area contributed by atoms with Crippen LogP contribution in [0.3, 0.4) is 0 Å². The fraction of sp³-hybridized carbons (Fsp3) is 0.176. The lowest BCUT2D eigenvalue weighted by Crippen LogP contribution is -2.18. The third-order valence-electron chi connectivity index (χ3n) is 3.04. The second-order valence-electron chi connectivity index (χ2n) is 4.55. The molecule has 0 saturated heterocycles. The van der Waals surface area contributed by atoms with Crippen LogP contribution in [-0.2, 0) is 0 Å². The predicted molar refractivity (Wildman–Crippen MR) is 87.3 cm³/mol. The molecule has 1 amide bonds. The van der Waals surface area contributed by atoms with Crippen molar-refractivity contribution in [1.29, 1.82) is 0 Å². The molecule has 0 spiro atoms. The number of aromatic hydroxyl groups is 1. The minimum Gasteiger partial charge on any atom is -0.507 e. The van der Waals surface area contributed by atoms with E-state index in [4.69, 9.17) is 9.47 Å². The fourth-order valence-corrected chi connectivity index (χ4v) is 1.92. The summed E-state index contributed by atoms with van der Waals surface area (Å²) in [7, 11) is 1.53. The van der Waals surface area contributed by atoms with E-state index in [-0.39, 0.29) is 5.75 Å². The number of rotatable bonds is 6. The van der Waals surface area contributed by atoms with Crippen LogP contribution in [0.5, 0.6) is 17.2 Å². The molecule has 0 heterocycles. The Hall–Kier alpha value is -3.02. The molecule has 0 saturated carbocycles. The van der Waals surface area contributed by atoms with Crippen LogP contribution in [0.2, 0.25) is 0 Å². The normalized spacial score (nSPS) is 10.5. The summed E-state index contributed by atoms with van der Waals surface area (Å²) in [5.41, 5.74) is 3.23. The summed E-state index contributed by atoms with van der Waals surface area (Å²) in [4.78, 5) is 12.1. The van der Waals surface area contributed by atoms with E-state index in [0.29, 0.717) is 29.2 Å². The quantitative estimate of drug-likeness (QED) is 0.634.